The zero-order chi connectivity index (χ0) is 13.2. The second kappa shape index (κ2) is 4.79. The molecule has 1 amide bonds. The molecule has 2 aromatic rings. The third-order valence-corrected chi connectivity index (χ3v) is 3.18. The average Bonchev–Trinajstić information content (AvgIpc) is 2.96. The Kier molecular flexibility index (Phi) is 2.98. The number of carbonyl (C=O) groups is 1. The summed E-state index contributed by atoms with van der Waals surface area (Å²) in [6.07, 6.45) is 5.26. The first kappa shape index (κ1) is 11.8. The second-order valence-electron chi connectivity index (χ2n) is 4.76. The van der Waals surface area contributed by atoms with Crippen LogP contribution in [-0.4, -0.2) is 41.7 Å². The summed E-state index contributed by atoms with van der Waals surface area (Å²) < 4.78 is 3.52. The fourth-order valence-electron chi connectivity index (χ4n) is 2.38. The van der Waals surface area contributed by atoms with Gasteiger partial charge in [-0.3, -0.25) is 4.79 Å². The lowest BCUT2D eigenvalue weighted by molar-refractivity contribution is -0.122. The molecular formula is C11H15N7O. The molecule has 1 atom stereocenters. The fourth-order valence-corrected chi connectivity index (χ4v) is 2.38. The molecule has 0 spiro atoms. The van der Waals surface area contributed by atoms with Crippen LogP contribution in [0.25, 0.3) is 0 Å². The molecule has 100 valence electrons. The van der Waals surface area contributed by atoms with E-state index in [1.54, 1.807) is 0 Å². The van der Waals surface area contributed by atoms with Crippen LogP contribution in [0.1, 0.15) is 17.9 Å². The summed E-state index contributed by atoms with van der Waals surface area (Å²) in [6, 6.07) is 0.144. The Morgan fingerprint density at radius 2 is 2.47 bits per heavy atom. The summed E-state index contributed by atoms with van der Waals surface area (Å²) >= 11 is 0. The average molecular weight is 261 g/mol. The van der Waals surface area contributed by atoms with E-state index in [0.29, 0.717) is 0 Å². The molecule has 1 aliphatic rings. The van der Waals surface area contributed by atoms with E-state index in [2.05, 4.69) is 30.4 Å². The van der Waals surface area contributed by atoms with Crippen LogP contribution in [0.15, 0.2) is 12.5 Å². The van der Waals surface area contributed by atoms with Gasteiger partial charge in [-0.2, -0.15) is 0 Å². The summed E-state index contributed by atoms with van der Waals surface area (Å²) in [7, 11) is 0. The summed E-state index contributed by atoms with van der Waals surface area (Å²) in [4.78, 5) is 16.3. The predicted molar refractivity (Wildman–Crippen MR) is 65.0 cm³/mol. The highest BCUT2D eigenvalue weighted by Gasteiger charge is 2.21. The SMILES string of the molecule is Cc1cn2c(n1)CC[C@H](NC(=O)Cn1cnnn1)C2. The van der Waals surface area contributed by atoms with Crippen molar-refractivity contribution in [2.75, 3.05) is 0 Å². The standard InChI is InChI=1S/C11H15N7O/c1-8-4-17-5-9(2-3-10(17)13-8)14-11(19)6-18-7-12-15-16-18/h4,7,9H,2-3,5-6H2,1H3,(H,14,19)/t9-/m0/s1. The van der Waals surface area contributed by atoms with E-state index in [-0.39, 0.29) is 18.5 Å². The highest BCUT2D eigenvalue weighted by molar-refractivity contribution is 5.75. The molecule has 0 aromatic carbocycles. The number of carbonyl (C=O) groups excluding carboxylic acids is 1. The Hall–Kier alpha value is -2.25. The zero-order valence-corrected chi connectivity index (χ0v) is 10.7. The van der Waals surface area contributed by atoms with Gasteiger partial charge >= 0.3 is 0 Å². The number of amides is 1. The molecule has 0 bridgehead atoms. The monoisotopic (exact) mass is 261 g/mol. The van der Waals surface area contributed by atoms with Crippen LogP contribution < -0.4 is 5.32 Å². The van der Waals surface area contributed by atoms with Crippen LogP contribution in [0.5, 0.6) is 0 Å². The number of tetrazole rings is 1. The zero-order valence-electron chi connectivity index (χ0n) is 10.7. The van der Waals surface area contributed by atoms with E-state index in [1.807, 2.05) is 13.1 Å². The lowest BCUT2D eigenvalue weighted by atomic mass is 10.1. The van der Waals surface area contributed by atoms with Crippen LogP contribution in [0, 0.1) is 6.92 Å². The minimum absolute atomic E-state index is 0.0717. The molecule has 0 saturated heterocycles. The molecule has 0 radical (unpaired) electrons. The van der Waals surface area contributed by atoms with Crippen molar-refractivity contribution in [3.63, 3.8) is 0 Å². The number of hydrogen-bond donors (Lipinski definition) is 1. The van der Waals surface area contributed by atoms with Crippen molar-refractivity contribution in [3.8, 4) is 0 Å². The molecule has 3 heterocycles. The van der Waals surface area contributed by atoms with Gasteiger partial charge in [-0.15, -0.1) is 5.10 Å². The Labute approximate surface area is 109 Å². The highest BCUT2D eigenvalue weighted by Crippen LogP contribution is 2.14. The maximum atomic E-state index is 11.8. The molecule has 1 N–H and O–H groups in total. The molecule has 3 rings (SSSR count). The Bertz CT molecular complexity index is 574. The first-order valence-electron chi connectivity index (χ1n) is 6.23. The molecular weight excluding hydrogens is 246 g/mol. The number of nitrogens with zero attached hydrogens (tertiary/aromatic N) is 6. The summed E-state index contributed by atoms with van der Waals surface area (Å²) in [5.74, 6) is 1.03. The molecule has 0 fully saturated rings. The number of imidazole rings is 1. The van der Waals surface area contributed by atoms with Crippen LogP contribution >= 0.6 is 0 Å². The largest absolute Gasteiger partial charge is 0.350 e. The number of hydrogen-bond acceptors (Lipinski definition) is 5. The van der Waals surface area contributed by atoms with E-state index >= 15 is 0 Å². The second-order valence-corrected chi connectivity index (χ2v) is 4.76. The van der Waals surface area contributed by atoms with Crippen LogP contribution in [0.4, 0.5) is 0 Å². The molecule has 8 heteroatoms. The van der Waals surface area contributed by atoms with Crippen LogP contribution in [-0.2, 0) is 24.3 Å². The topological polar surface area (TPSA) is 90.5 Å². The van der Waals surface area contributed by atoms with Crippen LogP contribution in [0.3, 0.4) is 0 Å². The van der Waals surface area contributed by atoms with Gasteiger partial charge in [0.2, 0.25) is 5.91 Å². The molecule has 0 unspecified atom stereocenters. The van der Waals surface area contributed by atoms with Gasteiger partial charge in [0.25, 0.3) is 0 Å². The van der Waals surface area contributed by atoms with Crippen molar-refractivity contribution in [2.24, 2.45) is 0 Å². The lowest BCUT2D eigenvalue weighted by Gasteiger charge is -2.24. The van der Waals surface area contributed by atoms with Gasteiger partial charge in [-0.25, -0.2) is 9.67 Å². The predicted octanol–water partition coefficient (Wildman–Crippen LogP) is -0.691. The number of aromatic nitrogens is 6. The maximum absolute atomic E-state index is 11.8. The van der Waals surface area contributed by atoms with E-state index in [0.717, 1.165) is 30.9 Å². The summed E-state index contributed by atoms with van der Waals surface area (Å²) in [6.45, 7) is 2.91. The van der Waals surface area contributed by atoms with E-state index < -0.39 is 0 Å². The van der Waals surface area contributed by atoms with Gasteiger partial charge in [-0.05, 0) is 23.8 Å². The van der Waals surface area contributed by atoms with Crippen molar-refractivity contribution in [2.45, 2.75) is 38.9 Å². The van der Waals surface area contributed by atoms with E-state index in [1.165, 1.54) is 11.0 Å². The quantitative estimate of drug-likeness (QED) is 0.789. The van der Waals surface area contributed by atoms with Crippen LogP contribution in [0.2, 0.25) is 0 Å². The van der Waals surface area contributed by atoms with E-state index in [4.69, 9.17) is 0 Å². The van der Waals surface area contributed by atoms with Crippen molar-refractivity contribution in [3.05, 3.63) is 24.0 Å². The Morgan fingerprint density at radius 3 is 3.26 bits per heavy atom. The number of aryl methyl sites for hydroxylation is 2. The van der Waals surface area contributed by atoms with E-state index in [9.17, 15) is 4.79 Å². The van der Waals surface area contributed by atoms with Gasteiger partial charge in [0.15, 0.2) is 0 Å². The molecule has 0 aliphatic carbocycles. The van der Waals surface area contributed by atoms with Gasteiger partial charge in [0, 0.05) is 25.2 Å². The Balaban J connectivity index is 1.58. The van der Waals surface area contributed by atoms with Crippen molar-refractivity contribution >= 4 is 5.91 Å². The van der Waals surface area contributed by atoms with Gasteiger partial charge in [0.1, 0.15) is 18.7 Å². The van der Waals surface area contributed by atoms with Gasteiger partial charge < -0.3 is 9.88 Å². The molecule has 1 aliphatic heterocycles. The first-order chi connectivity index (χ1) is 9.20. The third kappa shape index (κ3) is 2.61. The molecule has 0 saturated carbocycles. The summed E-state index contributed by atoms with van der Waals surface area (Å²) in [5, 5.41) is 13.7. The molecule has 8 nitrogen and oxygen atoms in total. The minimum Gasteiger partial charge on any atom is -0.350 e. The van der Waals surface area contributed by atoms with Gasteiger partial charge in [-0.1, -0.05) is 0 Å². The fraction of sp³-hybridized carbons (Fsp3) is 0.545. The Morgan fingerprint density at radius 1 is 1.58 bits per heavy atom. The van der Waals surface area contributed by atoms with Crippen molar-refractivity contribution in [1.29, 1.82) is 0 Å². The maximum Gasteiger partial charge on any atom is 0.242 e. The normalized spacial score (nSPS) is 18.1. The lowest BCUT2D eigenvalue weighted by Crippen LogP contribution is -2.42. The number of nitrogens with one attached hydrogen (secondary N) is 1. The number of fused-ring (bicyclic) bond motifs is 1. The third-order valence-electron chi connectivity index (χ3n) is 3.18. The summed E-state index contributed by atoms with van der Waals surface area (Å²) in [5.41, 5.74) is 1.02. The highest BCUT2D eigenvalue weighted by atomic mass is 16.2. The molecule has 2 aromatic heterocycles. The minimum atomic E-state index is -0.0717. The smallest absolute Gasteiger partial charge is 0.242 e. The van der Waals surface area contributed by atoms with Gasteiger partial charge in [0.05, 0.1) is 5.69 Å². The first-order valence-corrected chi connectivity index (χ1v) is 6.23. The molecule has 19 heavy (non-hydrogen) atoms. The van der Waals surface area contributed by atoms with Crippen molar-refractivity contribution < 1.29 is 4.79 Å². The number of rotatable bonds is 3. The van der Waals surface area contributed by atoms with Crippen molar-refractivity contribution in [1.82, 2.24) is 35.1 Å².